The van der Waals surface area contributed by atoms with E-state index in [4.69, 9.17) is 18.8 Å². The van der Waals surface area contributed by atoms with E-state index in [2.05, 4.69) is 24.3 Å². The first-order chi connectivity index (χ1) is 7.41. The summed E-state index contributed by atoms with van der Waals surface area (Å²) in [4.78, 5) is 0. The summed E-state index contributed by atoms with van der Waals surface area (Å²) in [6, 6.07) is 0. The van der Waals surface area contributed by atoms with Crippen molar-refractivity contribution in [2.75, 3.05) is 0 Å². The normalized spacial score (nSPS) is 18.5. The van der Waals surface area contributed by atoms with Crippen molar-refractivity contribution in [3.8, 4) is 0 Å². The molecule has 0 heterocycles. The Bertz CT molecular complexity index is 133. The Hall–Kier alpha value is 0.748. The number of allylic oxidation sites excluding steroid dienone is 4. The van der Waals surface area contributed by atoms with Gasteiger partial charge in [0.05, 0.1) is 0 Å². The quantitative estimate of drug-likeness (QED) is 0.439. The van der Waals surface area contributed by atoms with Crippen molar-refractivity contribution < 1.29 is 16.5 Å². The topological polar surface area (TPSA) is 0 Å². The molecule has 0 nitrogen and oxygen atoms in total. The molecule has 92 valence electrons. The molecule has 15 heavy (non-hydrogen) atoms. The average Bonchev–Trinajstić information content (AvgIpc) is 2.35. The second-order valence-corrected chi connectivity index (χ2v) is 6.84. The number of hydrogen-bond acceptors (Lipinski definition) is 0. The van der Waals surface area contributed by atoms with Gasteiger partial charge >= 0.3 is 35.3 Å². The minimum atomic E-state index is -0.472. The predicted octanol–water partition coefficient (Wildman–Crippen LogP) is 5.61. The SMILES string of the molecule is C1=CCCCC1.C1=CCCCC1.[Cl][Pt][Cl]. The van der Waals surface area contributed by atoms with E-state index in [1.807, 2.05) is 0 Å². The fourth-order valence-corrected chi connectivity index (χ4v) is 1.52. The van der Waals surface area contributed by atoms with Crippen molar-refractivity contribution in [1.82, 2.24) is 0 Å². The fourth-order valence-electron chi connectivity index (χ4n) is 1.52. The first-order valence-corrected chi connectivity index (χ1v) is 11.2. The predicted molar refractivity (Wildman–Crippen MR) is 66.9 cm³/mol. The molecule has 3 heteroatoms. The van der Waals surface area contributed by atoms with Gasteiger partial charge in [-0.15, -0.1) is 0 Å². The molecular weight excluding hydrogens is 410 g/mol. The van der Waals surface area contributed by atoms with Crippen LogP contribution in [0.15, 0.2) is 24.3 Å². The number of hydrogen-bond donors (Lipinski definition) is 0. The Labute approximate surface area is 111 Å². The third kappa shape index (κ3) is 14.7. The van der Waals surface area contributed by atoms with Gasteiger partial charge in [-0.1, -0.05) is 24.3 Å². The van der Waals surface area contributed by atoms with Gasteiger partial charge in [-0.05, 0) is 51.4 Å². The zero-order chi connectivity index (χ0) is 11.2. The van der Waals surface area contributed by atoms with Crippen molar-refractivity contribution in [2.45, 2.75) is 51.4 Å². The molecule has 0 aromatic carbocycles. The van der Waals surface area contributed by atoms with Crippen LogP contribution in [0, 0.1) is 0 Å². The first kappa shape index (κ1) is 15.7. The molecule has 0 saturated carbocycles. The van der Waals surface area contributed by atoms with Gasteiger partial charge in [-0.25, -0.2) is 0 Å². The molecule has 0 unspecified atom stereocenters. The third-order valence-electron chi connectivity index (χ3n) is 2.32. The molecule has 0 saturated heterocycles. The standard InChI is InChI=1S/2C6H10.2ClH.Pt/c2*1-2-4-6-5-3-1;;;/h2*1-2H,3-6H2;2*1H;/q;;;;+2/p-2. The molecule has 0 atom stereocenters. The molecule has 0 bridgehead atoms. The van der Waals surface area contributed by atoms with Crippen molar-refractivity contribution in [3.63, 3.8) is 0 Å². The van der Waals surface area contributed by atoms with E-state index < -0.39 is 16.5 Å². The summed E-state index contributed by atoms with van der Waals surface area (Å²) in [5.74, 6) is 0. The van der Waals surface area contributed by atoms with E-state index >= 15 is 0 Å². The molecule has 0 amide bonds. The summed E-state index contributed by atoms with van der Waals surface area (Å²) in [6.07, 6.45) is 20.0. The van der Waals surface area contributed by atoms with E-state index in [0.29, 0.717) is 0 Å². The summed E-state index contributed by atoms with van der Waals surface area (Å²) < 4.78 is 0. The van der Waals surface area contributed by atoms with Crippen LogP contribution in [0.4, 0.5) is 0 Å². The molecule has 0 radical (unpaired) electrons. The second kappa shape index (κ2) is 14.7. The Morgan fingerprint density at radius 3 is 0.867 bits per heavy atom. The molecule has 2 aliphatic rings. The van der Waals surface area contributed by atoms with Crippen LogP contribution in [-0.4, -0.2) is 0 Å². The average molecular weight is 430 g/mol. The van der Waals surface area contributed by atoms with Gasteiger partial charge in [0.1, 0.15) is 0 Å². The molecule has 0 aromatic heterocycles. The summed E-state index contributed by atoms with van der Waals surface area (Å²) in [5, 5.41) is 0. The van der Waals surface area contributed by atoms with Gasteiger partial charge in [-0.2, -0.15) is 0 Å². The Balaban J connectivity index is 0.000000210. The summed E-state index contributed by atoms with van der Waals surface area (Å²) in [5.41, 5.74) is 0. The van der Waals surface area contributed by atoms with Crippen molar-refractivity contribution >= 4 is 18.8 Å². The number of halogens is 2. The molecule has 0 aromatic rings. The monoisotopic (exact) mass is 429 g/mol. The molecule has 0 N–H and O–H groups in total. The van der Waals surface area contributed by atoms with Gasteiger partial charge in [0, 0.05) is 0 Å². The second-order valence-electron chi connectivity index (χ2n) is 3.56. The van der Waals surface area contributed by atoms with E-state index in [-0.39, 0.29) is 0 Å². The Kier molecular flexibility index (Phi) is 15.5. The van der Waals surface area contributed by atoms with Crippen LogP contribution in [0.5, 0.6) is 0 Å². The van der Waals surface area contributed by atoms with Crippen molar-refractivity contribution in [2.24, 2.45) is 0 Å². The van der Waals surface area contributed by atoms with Crippen LogP contribution in [0.2, 0.25) is 0 Å². The van der Waals surface area contributed by atoms with Crippen LogP contribution >= 0.6 is 18.8 Å². The fraction of sp³-hybridized carbons (Fsp3) is 0.667. The summed E-state index contributed by atoms with van der Waals surface area (Å²) >= 11 is -0.472. The molecule has 0 spiro atoms. The molecule has 2 aliphatic carbocycles. The maximum atomic E-state index is 4.88. The van der Waals surface area contributed by atoms with E-state index in [1.54, 1.807) is 0 Å². The van der Waals surface area contributed by atoms with E-state index in [0.717, 1.165) is 0 Å². The van der Waals surface area contributed by atoms with Gasteiger partial charge < -0.3 is 0 Å². The van der Waals surface area contributed by atoms with Crippen molar-refractivity contribution in [1.29, 1.82) is 0 Å². The summed E-state index contributed by atoms with van der Waals surface area (Å²) in [7, 11) is 9.75. The number of rotatable bonds is 0. The maximum absolute atomic E-state index is 4.88. The van der Waals surface area contributed by atoms with Crippen LogP contribution < -0.4 is 0 Å². The van der Waals surface area contributed by atoms with Gasteiger partial charge in [-0.3, -0.25) is 0 Å². The molecule has 2 rings (SSSR count). The van der Waals surface area contributed by atoms with Gasteiger partial charge in [0.2, 0.25) is 0 Å². The summed E-state index contributed by atoms with van der Waals surface area (Å²) in [6.45, 7) is 0. The van der Waals surface area contributed by atoms with Crippen LogP contribution in [0.1, 0.15) is 51.4 Å². The van der Waals surface area contributed by atoms with Crippen LogP contribution in [0.3, 0.4) is 0 Å². The van der Waals surface area contributed by atoms with E-state index in [9.17, 15) is 0 Å². The molecule has 0 fully saturated rings. The minimum absolute atomic E-state index is 0.472. The van der Waals surface area contributed by atoms with Crippen LogP contribution in [-0.2, 0) is 16.5 Å². The first-order valence-electron chi connectivity index (χ1n) is 5.54. The molecule has 0 aliphatic heterocycles. The third-order valence-corrected chi connectivity index (χ3v) is 2.32. The Morgan fingerprint density at radius 1 is 0.600 bits per heavy atom. The van der Waals surface area contributed by atoms with Gasteiger partial charge in [0.25, 0.3) is 0 Å². The van der Waals surface area contributed by atoms with Crippen molar-refractivity contribution in [3.05, 3.63) is 24.3 Å². The zero-order valence-electron chi connectivity index (χ0n) is 9.04. The Morgan fingerprint density at radius 2 is 0.800 bits per heavy atom. The van der Waals surface area contributed by atoms with Crippen LogP contribution in [0.25, 0.3) is 0 Å². The molecular formula is C12H20Cl2Pt. The van der Waals surface area contributed by atoms with E-state index in [1.165, 1.54) is 51.4 Å². The zero-order valence-corrected chi connectivity index (χ0v) is 12.8. The van der Waals surface area contributed by atoms with Gasteiger partial charge in [0.15, 0.2) is 0 Å².